The van der Waals surface area contributed by atoms with Crippen molar-refractivity contribution < 1.29 is 19.4 Å². The fraction of sp³-hybridized carbons (Fsp3) is 0.167. The summed E-state index contributed by atoms with van der Waals surface area (Å²) >= 11 is 3.46. The van der Waals surface area contributed by atoms with Crippen LogP contribution < -0.4 is 9.47 Å². The van der Waals surface area contributed by atoms with Crippen molar-refractivity contribution in [2.24, 2.45) is 7.05 Å². The van der Waals surface area contributed by atoms with E-state index < -0.39 is 11.9 Å². The van der Waals surface area contributed by atoms with Crippen LogP contribution in [0.3, 0.4) is 0 Å². The summed E-state index contributed by atoms with van der Waals surface area (Å²) in [6.45, 7) is 0.165. The van der Waals surface area contributed by atoms with Crippen LogP contribution in [0.2, 0.25) is 0 Å². The second-order valence-electron chi connectivity index (χ2n) is 5.74. The number of hydrogen-bond acceptors (Lipinski definition) is 3. The minimum atomic E-state index is -0.899. The van der Waals surface area contributed by atoms with Gasteiger partial charge in [0.25, 0.3) is 0 Å². The highest BCUT2D eigenvalue weighted by molar-refractivity contribution is 9.10. The fourth-order valence-corrected chi connectivity index (χ4v) is 3.52. The zero-order chi connectivity index (χ0) is 16.8. The summed E-state index contributed by atoms with van der Waals surface area (Å²) in [6, 6.07) is 11.1. The van der Waals surface area contributed by atoms with Crippen LogP contribution in [-0.4, -0.2) is 22.4 Å². The van der Waals surface area contributed by atoms with Gasteiger partial charge in [0, 0.05) is 28.6 Å². The zero-order valence-corrected chi connectivity index (χ0v) is 14.4. The summed E-state index contributed by atoms with van der Waals surface area (Å²) in [5.41, 5.74) is 2.40. The van der Waals surface area contributed by atoms with Crippen LogP contribution in [-0.2, 0) is 11.8 Å². The molecule has 6 heteroatoms. The summed E-state index contributed by atoms with van der Waals surface area (Å²) in [5, 5.41) is 10.8. The van der Waals surface area contributed by atoms with Crippen molar-refractivity contribution in [3.63, 3.8) is 0 Å². The van der Waals surface area contributed by atoms with Gasteiger partial charge in [0.15, 0.2) is 11.5 Å². The minimum absolute atomic E-state index is 0.165. The highest BCUT2D eigenvalue weighted by atomic mass is 79.9. The molecule has 1 aliphatic rings. The maximum absolute atomic E-state index is 12.0. The third-order valence-corrected chi connectivity index (χ3v) is 4.76. The van der Waals surface area contributed by atoms with Crippen molar-refractivity contribution in [2.45, 2.75) is 5.92 Å². The second-order valence-corrected chi connectivity index (χ2v) is 6.66. The maximum atomic E-state index is 12.0. The van der Waals surface area contributed by atoms with Crippen molar-refractivity contribution in [3.8, 4) is 11.5 Å². The quantitative estimate of drug-likeness (QED) is 0.740. The Kier molecular flexibility index (Phi) is 3.49. The average Bonchev–Trinajstić information content (AvgIpc) is 3.12. The maximum Gasteiger partial charge on any atom is 0.315 e. The molecule has 2 heterocycles. The second kappa shape index (κ2) is 5.56. The van der Waals surface area contributed by atoms with Crippen molar-refractivity contribution >= 4 is 32.8 Å². The van der Waals surface area contributed by atoms with Crippen LogP contribution >= 0.6 is 15.9 Å². The molecule has 0 fully saturated rings. The molecule has 0 aliphatic carbocycles. The molecule has 0 spiro atoms. The number of aliphatic carboxylic acids is 1. The zero-order valence-electron chi connectivity index (χ0n) is 12.8. The van der Waals surface area contributed by atoms with Gasteiger partial charge < -0.3 is 19.1 Å². The third-order valence-electron chi connectivity index (χ3n) is 4.27. The molecule has 122 valence electrons. The first-order chi connectivity index (χ1) is 11.5. The van der Waals surface area contributed by atoms with Crippen molar-refractivity contribution in [2.75, 3.05) is 6.79 Å². The molecule has 3 aromatic rings. The van der Waals surface area contributed by atoms with Crippen molar-refractivity contribution in [1.29, 1.82) is 0 Å². The first kappa shape index (κ1) is 15.1. The van der Waals surface area contributed by atoms with E-state index >= 15 is 0 Å². The molecular formula is C18H14BrNO4. The first-order valence-electron chi connectivity index (χ1n) is 7.41. The molecule has 1 aromatic heterocycles. The number of aromatic nitrogens is 1. The van der Waals surface area contributed by atoms with Gasteiger partial charge in [0.2, 0.25) is 6.79 Å². The lowest BCUT2D eigenvalue weighted by atomic mass is 9.91. The molecule has 1 unspecified atom stereocenters. The third kappa shape index (κ3) is 2.34. The molecule has 5 nitrogen and oxygen atoms in total. The number of ether oxygens (including phenoxy) is 2. The number of aryl methyl sites for hydroxylation is 1. The Morgan fingerprint density at radius 3 is 2.79 bits per heavy atom. The van der Waals surface area contributed by atoms with Crippen LogP contribution in [0.4, 0.5) is 0 Å². The number of carboxylic acid groups (broad SMARTS) is 1. The Hall–Kier alpha value is -2.47. The van der Waals surface area contributed by atoms with Crippen LogP contribution in [0.25, 0.3) is 10.9 Å². The van der Waals surface area contributed by atoms with Gasteiger partial charge in [-0.25, -0.2) is 0 Å². The normalized spacial score (nSPS) is 14.1. The molecule has 4 rings (SSSR count). The van der Waals surface area contributed by atoms with Crippen LogP contribution in [0.15, 0.2) is 47.1 Å². The molecular weight excluding hydrogens is 374 g/mol. The molecule has 0 radical (unpaired) electrons. The van der Waals surface area contributed by atoms with Gasteiger partial charge >= 0.3 is 5.97 Å². The Labute approximate surface area is 146 Å². The van der Waals surface area contributed by atoms with Gasteiger partial charge in [0.05, 0.1) is 0 Å². The molecule has 0 amide bonds. The summed E-state index contributed by atoms with van der Waals surface area (Å²) in [4.78, 5) is 12.0. The topological polar surface area (TPSA) is 60.7 Å². The van der Waals surface area contributed by atoms with Crippen molar-refractivity contribution in [1.82, 2.24) is 4.57 Å². The van der Waals surface area contributed by atoms with Gasteiger partial charge in [-0.15, -0.1) is 0 Å². The predicted octanol–water partition coefficient (Wildman–Crippen LogP) is 3.89. The van der Waals surface area contributed by atoms with Gasteiger partial charge in [-0.3, -0.25) is 4.79 Å². The number of benzene rings is 2. The Bertz CT molecular complexity index is 963. The molecule has 24 heavy (non-hydrogen) atoms. The van der Waals surface area contributed by atoms with E-state index in [1.165, 1.54) is 0 Å². The monoisotopic (exact) mass is 387 g/mol. The van der Waals surface area contributed by atoms with E-state index in [2.05, 4.69) is 15.9 Å². The van der Waals surface area contributed by atoms with Gasteiger partial charge in [-0.2, -0.15) is 0 Å². The van der Waals surface area contributed by atoms with Crippen LogP contribution in [0.5, 0.6) is 11.5 Å². The molecule has 0 saturated heterocycles. The van der Waals surface area contributed by atoms with E-state index in [0.29, 0.717) is 17.1 Å². The number of nitrogens with zero attached hydrogens (tertiary/aromatic N) is 1. The molecule has 0 saturated carbocycles. The Morgan fingerprint density at radius 1 is 1.21 bits per heavy atom. The van der Waals surface area contributed by atoms with E-state index in [1.54, 1.807) is 18.2 Å². The molecule has 1 aliphatic heterocycles. The standard InChI is InChI=1S/C18H14BrNO4/c1-20-8-13(12-4-3-11(19)7-14(12)20)17(18(21)22)10-2-5-15-16(6-10)24-9-23-15/h2-8,17H,9H2,1H3,(H,21,22). The Balaban J connectivity index is 1.89. The summed E-state index contributed by atoms with van der Waals surface area (Å²) in [5.74, 6) is -0.444. The highest BCUT2D eigenvalue weighted by Gasteiger charge is 2.27. The summed E-state index contributed by atoms with van der Waals surface area (Å²) in [7, 11) is 1.91. The minimum Gasteiger partial charge on any atom is -0.481 e. The van der Waals surface area contributed by atoms with Crippen LogP contribution in [0.1, 0.15) is 17.0 Å². The largest absolute Gasteiger partial charge is 0.481 e. The summed E-state index contributed by atoms with van der Waals surface area (Å²) < 4.78 is 13.6. The lowest BCUT2D eigenvalue weighted by Crippen LogP contribution is -2.12. The van der Waals surface area contributed by atoms with Crippen LogP contribution in [0, 0.1) is 0 Å². The molecule has 2 aromatic carbocycles. The van der Waals surface area contributed by atoms with E-state index in [1.807, 2.05) is 36.0 Å². The number of carboxylic acids is 1. The number of hydrogen-bond donors (Lipinski definition) is 1. The van der Waals surface area contributed by atoms with E-state index in [-0.39, 0.29) is 6.79 Å². The molecule has 1 atom stereocenters. The van der Waals surface area contributed by atoms with Gasteiger partial charge in [0.1, 0.15) is 5.92 Å². The predicted molar refractivity (Wildman–Crippen MR) is 92.7 cm³/mol. The lowest BCUT2D eigenvalue weighted by molar-refractivity contribution is -0.137. The lowest BCUT2D eigenvalue weighted by Gasteiger charge is -2.13. The fourth-order valence-electron chi connectivity index (χ4n) is 3.17. The molecule has 0 bridgehead atoms. The average molecular weight is 388 g/mol. The Morgan fingerprint density at radius 2 is 2.00 bits per heavy atom. The smallest absolute Gasteiger partial charge is 0.315 e. The molecule has 1 N–H and O–H groups in total. The number of carbonyl (C=O) groups is 1. The van der Waals surface area contributed by atoms with Gasteiger partial charge in [-0.1, -0.05) is 28.1 Å². The van der Waals surface area contributed by atoms with E-state index in [4.69, 9.17) is 9.47 Å². The van der Waals surface area contributed by atoms with E-state index in [0.717, 1.165) is 20.9 Å². The van der Waals surface area contributed by atoms with Gasteiger partial charge in [-0.05, 0) is 35.4 Å². The SMILES string of the molecule is Cn1cc(C(C(=O)O)c2ccc3c(c2)OCO3)c2ccc(Br)cc21. The van der Waals surface area contributed by atoms with E-state index in [9.17, 15) is 9.90 Å². The number of rotatable bonds is 3. The number of halogens is 1. The highest BCUT2D eigenvalue weighted by Crippen LogP contribution is 2.39. The number of fused-ring (bicyclic) bond motifs is 2. The first-order valence-corrected chi connectivity index (χ1v) is 8.21. The van der Waals surface area contributed by atoms with Crippen molar-refractivity contribution in [3.05, 3.63) is 58.2 Å². The summed E-state index contributed by atoms with van der Waals surface area (Å²) in [6.07, 6.45) is 1.88.